The van der Waals surface area contributed by atoms with E-state index in [1.54, 1.807) is 0 Å². The zero-order chi connectivity index (χ0) is 18.7. The number of amides is 2. The molecule has 0 unspecified atom stereocenters. The Labute approximate surface area is 149 Å². The molecule has 0 fully saturated rings. The quantitative estimate of drug-likeness (QED) is 0.907. The van der Waals surface area contributed by atoms with Crippen LogP contribution in [0.1, 0.15) is 34.7 Å². The molecule has 2 amide bonds. The first-order valence-corrected chi connectivity index (χ1v) is 8.41. The van der Waals surface area contributed by atoms with Crippen LogP contribution in [-0.2, 0) is 9.59 Å². The summed E-state index contributed by atoms with van der Waals surface area (Å²) in [5.74, 6) is -0.359. The van der Waals surface area contributed by atoms with Gasteiger partial charge in [-0.25, -0.2) is 0 Å². The molecule has 0 aliphatic carbocycles. The van der Waals surface area contributed by atoms with Crippen molar-refractivity contribution in [3.05, 3.63) is 58.1 Å². The zero-order valence-corrected chi connectivity index (χ0v) is 15.9. The molecule has 0 saturated carbocycles. The van der Waals surface area contributed by atoms with Crippen molar-refractivity contribution in [2.45, 2.75) is 41.5 Å². The Balaban J connectivity index is 2.23. The Morgan fingerprint density at radius 1 is 0.840 bits per heavy atom. The molecule has 0 heterocycles. The van der Waals surface area contributed by atoms with Gasteiger partial charge in [0.05, 0.1) is 0 Å². The van der Waals surface area contributed by atoms with Crippen LogP contribution < -0.4 is 10.2 Å². The van der Waals surface area contributed by atoms with Crippen LogP contribution in [-0.4, -0.2) is 18.4 Å². The molecule has 0 bridgehead atoms. The predicted molar refractivity (Wildman–Crippen MR) is 103 cm³/mol. The standard InChI is InChI=1S/C21H26N2O2/c1-13-7-14(2)11-19(10-13)23(18(6)24)12-20(25)22-21-16(4)8-15(3)9-17(21)5/h7-11H,12H2,1-6H3,(H,22,25). The largest absolute Gasteiger partial charge is 0.324 e. The van der Waals surface area contributed by atoms with Gasteiger partial charge in [0.15, 0.2) is 0 Å². The highest BCUT2D eigenvalue weighted by Crippen LogP contribution is 2.23. The minimum absolute atomic E-state index is 0.00895. The summed E-state index contributed by atoms with van der Waals surface area (Å²) in [5.41, 5.74) is 6.89. The van der Waals surface area contributed by atoms with Crippen LogP contribution >= 0.6 is 0 Å². The van der Waals surface area contributed by atoms with Gasteiger partial charge in [0, 0.05) is 18.3 Å². The molecule has 4 nitrogen and oxygen atoms in total. The summed E-state index contributed by atoms with van der Waals surface area (Å²) in [6.45, 7) is 11.4. The van der Waals surface area contributed by atoms with E-state index in [0.717, 1.165) is 39.2 Å². The Morgan fingerprint density at radius 3 is 1.80 bits per heavy atom. The molecule has 0 radical (unpaired) electrons. The molecular formula is C21H26N2O2. The lowest BCUT2D eigenvalue weighted by Gasteiger charge is -2.22. The average Bonchev–Trinajstić information content (AvgIpc) is 2.47. The maximum atomic E-state index is 12.6. The van der Waals surface area contributed by atoms with Crippen LogP contribution in [0, 0.1) is 34.6 Å². The van der Waals surface area contributed by atoms with Crippen molar-refractivity contribution in [1.29, 1.82) is 0 Å². The number of hydrogen-bond acceptors (Lipinski definition) is 2. The van der Waals surface area contributed by atoms with E-state index in [9.17, 15) is 9.59 Å². The van der Waals surface area contributed by atoms with E-state index in [1.165, 1.54) is 11.8 Å². The lowest BCUT2D eigenvalue weighted by molar-refractivity contribution is -0.120. The second-order valence-corrected chi connectivity index (χ2v) is 6.77. The van der Waals surface area contributed by atoms with Crippen molar-refractivity contribution in [2.75, 3.05) is 16.8 Å². The molecule has 2 aromatic carbocycles. The number of aryl methyl sites for hydroxylation is 5. The Kier molecular flexibility index (Phi) is 5.62. The topological polar surface area (TPSA) is 49.4 Å². The lowest BCUT2D eigenvalue weighted by atomic mass is 10.1. The summed E-state index contributed by atoms with van der Waals surface area (Å²) in [7, 11) is 0. The predicted octanol–water partition coefficient (Wildman–Crippen LogP) is 4.22. The Hall–Kier alpha value is -2.62. The van der Waals surface area contributed by atoms with Gasteiger partial charge in [-0.2, -0.15) is 0 Å². The van der Waals surface area contributed by atoms with Gasteiger partial charge < -0.3 is 10.2 Å². The highest BCUT2D eigenvalue weighted by molar-refractivity contribution is 6.02. The first-order chi connectivity index (χ1) is 11.7. The SMILES string of the molecule is CC(=O)N(CC(=O)Nc1c(C)cc(C)cc1C)c1cc(C)cc(C)c1. The molecule has 1 N–H and O–H groups in total. The van der Waals surface area contributed by atoms with E-state index in [-0.39, 0.29) is 18.4 Å². The fourth-order valence-corrected chi connectivity index (χ4v) is 3.19. The van der Waals surface area contributed by atoms with E-state index in [4.69, 9.17) is 0 Å². The smallest absolute Gasteiger partial charge is 0.244 e. The molecule has 0 aliphatic heterocycles. The number of benzene rings is 2. The van der Waals surface area contributed by atoms with Crippen molar-refractivity contribution in [3.8, 4) is 0 Å². The number of anilines is 2. The van der Waals surface area contributed by atoms with Crippen LogP contribution in [0.25, 0.3) is 0 Å². The van der Waals surface area contributed by atoms with Gasteiger partial charge in [-0.15, -0.1) is 0 Å². The minimum atomic E-state index is -0.204. The summed E-state index contributed by atoms with van der Waals surface area (Å²) in [4.78, 5) is 26.1. The van der Waals surface area contributed by atoms with E-state index in [1.807, 2.05) is 65.0 Å². The van der Waals surface area contributed by atoms with E-state index in [2.05, 4.69) is 5.32 Å². The lowest BCUT2D eigenvalue weighted by Crippen LogP contribution is -2.37. The van der Waals surface area contributed by atoms with Crippen LogP contribution in [0.15, 0.2) is 30.3 Å². The van der Waals surface area contributed by atoms with Crippen molar-refractivity contribution < 1.29 is 9.59 Å². The number of carbonyl (C=O) groups excluding carboxylic acids is 2. The molecule has 132 valence electrons. The fraction of sp³-hybridized carbons (Fsp3) is 0.333. The van der Waals surface area contributed by atoms with Crippen molar-refractivity contribution >= 4 is 23.2 Å². The van der Waals surface area contributed by atoms with Gasteiger partial charge in [-0.3, -0.25) is 9.59 Å². The second kappa shape index (κ2) is 7.51. The first kappa shape index (κ1) is 18.7. The number of hydrogen-bond donors (Lipinski definition) is 1. The van der Waals surface area contributed by atoms with Gasteiger partial charge in [0.25, 0.3) is 0 Å². The number of nitrogens with zero attached hydrogens (tertiary/aromatic N) is 1. The molecule has 25 heavy (non-hydrogen) atoms. The van der Waals surface area contributed by atoms with Gasteiger partial charge >= 0.3 is 0 Å². The van der Waals surface area contributed by atoms with Gasteiger partial charge in [0.2, 0.25) is 11.8 Å². The molecule has 0 aliphatic rings. The maximum absolute atomic E-state index is 12.6. The van der Waals surface area contributed by atoms with Crippen LogP contribution in [0.2, 0.25) is 0 Å². The molecule has 0 spiro atoms. The van der Waals surface area contributed by atoms with Gasteiger partial charge in [-0.05, 0) is 69.0 Å². The average molecular weight is 338 g/mol. The Bertz CT molecular complexity index is 781. The minimum Gasteiger partial charge on any atom is -0.324 e. The number of rotatable bonds is 4. The third-order valence-electron chi connectivity index (χ3n) is 4.14. The molecule has 0 atom stereocenters. The summed E-state index contributed by atoms with van der Waals surface area (Å²) in [6.07, 6.45) is 0. The van der Waals surface area contributed by atoms with E-state index < -0.39 is 0 Å². The van der Waals surface area contributed by atoms with Crippen LogP contribution in [0.5, 0.6) is 0 Å². The van der Waals surface area contributed by atoms with Crippen molar-refractivity contribution in [2.24, 2.45) is 0 Å². The number of carbonyl (C=O) groups is 2. The third-order valence-corrected chi connectivity index (χ3v) is 4.14. The van der Waals surface area contributed by atoms with Crippen molar-refractivity contribution in [1.82, 2.24) is 0 Å². The second-order valence-electron chi connectivity index (χ2n) is 6.77. The van der Waals surface area contributed by atoms with E-state index >= 15 is 0 Å². The summed E-state index contributed by atoms with van der Waals surface area (Å²) >= 11 is 0. The molecule has 4 heteroatoms. The Morgan fingerprint density at radius 2 is 1.32 bits per heavy atom. The highest BCUT2D eigenvalue weighted by atomic mass is 16.2. The fourth-order valence-electron chi connectivity index (χ4n) is 3.19. The molecular weight excluding hydrogens is 312 g/mol. The molecule has 0 aromatic heterocycles. The normalized spacial score (nSPS) is 10.5. The summed E-state index contributed by atoms with van der Waals surface area (Å²) in [5, 5.41) is 2.96. The molecule has 0 saturated heterocycles. The monoisotopic (exact) mass is 338 g/mol. The summed E-state index contributed by atoms with van der Waals surface area (Å²) < 4.78 is 0. The van der Waals surface area contributed by atoms with Crippen LogP contribution in [0.4, 0.5) is 11.4 Å². The number of nitrogens with one attached hydrogen (secondary N) is 1. The van der Waals surface area contributed by atoms with Gasteiger partial charge in [-0.1, -0.05) is 23.8 Å². The molecule has 2 rings (SSSR count). The first-order valence-electron chi connectivity index (χ1n) is 8.41. The van der Waals surface area contributed by atoms with Crippen LogP contribution in [0.3, 0.4) is 0 Å². The van der Waals surface area contributed by atoms with E-state index in [0.29, 0.717) is 0 Å². The highest BCUT2D eigenvalue weighted by Gasteiger charge is 2.17. The zero-order valence-electron chi connectivity index (χ0n) is 15.9. The third kappa shape index (κ3) is 4.69. The van der Waals surface area contributed by atoms with Crippen molar-refractivity contribution in [3.63, 3.8) is 0 Å². The van der Waals surface area contributed by atoms with Gasteiger partial charge in [0.1, 0.15) is 6.54 Å². The maximum Gasteiger partial charge on any atom is 0.244 e. The molecule has 2 aromatic rings. The summed E-state index contributed by atoms with van der Waals surface area (Å²) in [6, 6.07) is 9.96.